The fourth-order valence-corrected chi connectivity index (χ4v) is 1.17. The molecule has 1 unspecified atom stereocenters. The van der Waals surface area contributed by atoms with Gasteiger partial charge in [0.15, 0.2) is 0 Å². The molecule has 0 bridgehead atoms. The fraction of sp³-hybridized carbons (Fsp3) is 0.364. The molecule has 0 heterocycles. The molecule has 1 rings (SSSR count). The summed E-state index contributed by atoms with van der Waals surface area (Å²) in [4.78, 5) is 21.1. The lowest BCUT2D eigenvalue weighted by molar-refractivity contribution is -0.384. The molecule has 18 heavy (non-hydrogen) atoms. The van der Waals surface area contributed by atoms with E-state index in [9.17, 15) is 14.9 Å². The Morgan fingerprint density at radius 3 is 2.56 bits per heavy atom. The highest BCUT2D eigenvalue weighted by molar-refractivity contribution is 5.72. The van der Waals surface area contributed by atoms with Crippen LogP contribution in [-0.4, -0.2) is 28.9 Å². The third-order valence-electron chi connectivity index (χ3n) is 2.05. The van der Waals surface area contributed by atoms with Crippen molar-refractivity contribution in [3.63, 3.8) is 0 Å². The Hall–Kier alpha value is -1.99. The number of aliphatic hydroxyl groups excluding tert-OH is 1. The molecule has 1 atom stereocenters. The van der Waals surface area contributed by atoms with Crippen LogP contribution in [0.3, 0.4) is 0 Å². The van der Waals surface area contributed by atoms with Gasteiger partial charge in [-0.25, -0.2) is 4.79 Å². The van der Waals surface area contributed by atoms with E-state index in [2.05, 4.69) is 4.74 Å². The van der Waals surface area contributed by atoms with Crippen molar-refractivity contribution in [2.24, 2.45) is 0 Å². The molecule has 0 radical (unpaired) electrons. The smallest absolute Gasteiger partial charge is 0.363 e. The van der Waals surface area contributed by atoms with Crippen molar-refractivity contribution in [1.29, 1.82) is 0 Å². The highest BCUT2D eigenvalue weighted by Gasteiger charge is 2.16. The maximum atomic E-state index is 11.2. The Morgan fingerprint density at radius 2 is 2.06 bits per heavy atom. The first kappa shape index (κ1) is 14.1. The van der Waals surface area contributed by atoms with Gasteiger partial charge in [0, 0.05) is 18.7 Å². The number of nitro benzene ring substituents is 1. The van der Waals surface area contributed by atoms with Crippen LogP contribution >= 0.6 is 0 Å². The van der Waals surface area contributed by atoms with Gasteiger partial charge in [-0.15, -0.1) is 0 Å². The molecule has 0 amide bonds. The molecule has 0 fully saturated rings. The Morgan fingerprint density at radius 1 is 1.44 bits per heavy atom. The van der Waals surface area contributed by atoms with E-state index in [4.69, 9.17) is 9.84 Å². The molecule has 1 N–H and O–H groups in total. The number of esters is 1. The zero-order valence-electron chi connectivity index (χ0n) is 9.74. The molecule has 0 aliphatic rings. The number of nitro groups is 1. The van der Waals surface area contributed by atoms with Crippen molar-refractivity contribution in [1.82, 2.24) is 0 Å². The van der Waals surface area contributed by atoms with Crippen LogP contribution < -0.4 is 0 Å². The highest BCUT2D eigenvalue weighted by Crippen LogP contribution is 2.12. The van der Waals surface area contributed by atoms with Gasteiger partial charge in [0.2, 0.25) is 0 Å². The lowest BCUT2D eigenvalue weighted by Gasteiger charge is -2.10. The van der Waals surface area contributed by atoms with Crippen molar-refractivity contribution in [2.45, 2.75) is 19.8 Å². The number of aliphatic hydroxyl groups is 1. The minimum atomic E-state index is -1.60. The monoisotopic (exact) mass is 255 g/mol. The van der Waals surface area contributed by atoms with Gasteiger partial charge in [-0.2, -0.15) is 0 Å². The maximum absolute atomic E-state index is 11.2. The number of hydrogen-bond acceptors (Lipinski definition) is 6. The topological polar surface area (TPSA) is 98.9 Å². The second-order valence-corrected chi connectivity index (χ2v) is 3.34. The predicted molar refractivity (Wildman–Crippen MR) is 60.5 cm³/mol. The Bertz CT molecular complexity index is 416. The molecule has 0 aliphatic heterocycles. The summed E-state index contributed by atoms with van der Waals surface area (Å²) >= 11 is 0. The summed E-state index contributed by atoms with van der Waals surface area (Å²) in [6, 6.07) is 5.56. The molecule has 0 aliphatic carbocycles. The molecule has 0 aromatic heterocycles. The van der Waals surface area contributed by atoms with Gasteiger partial charge in [-0.3, -0.25) is 10.1 Å². The lowest BCUT2D eigenvalue weighted by atomic mass is 10.2. The summed E-state index contributed by atoms with van der Waals surface area (Å²) in [5, 5.41) is 19.5. The van der Waals surface area contributed by atoms with Gasteiger partial charge in [0.05, 0.1) is 4.92 Å². The van der Waals surface area contributed by atoms with Crippen LogP contribution in [0.1, 0.15) is 12.5 Å². The second kappa shape index (κ2) is 6.67. The predicted octanol–water partition coefficient (Wildman–Crippen LogP) is 0.993. The van der Waals surface area contributed by atoms with Gasteiger partial charge in [-0.1, -0.05) is 0 Å². The van der Waals surface area contributed by atoms with Crippen LogP contribution in [0.4, 0.5) is 5.69 Å². The quantitative estimate of drug-likeness (QED) is 0.352. The fourth-order valence-electron chi connectivity index (χ4n) is 1.17. The van der Waals surface area contributed by atoms with Crippen molar-refractivity contribution in [3.05, 3.63) is 39.9 Å². The van der Waals surface area contributed by atoms with Gasteiger partial charge in [0.1, 0.15) is 6.61 Å². The van der Waals surface area contributed by atoms with Crippen molar-refractivity contribution >= 4 is 11.7 Å². The molecular weight excluding hydrogens is 242 g/mol. The van der Waals surface area contributed by atoms with E-state index in [0.717, 1.165) is 0 Å². The Balaban J connectivity index is 2.48. The Kier molecular flexibility index (Phi) is 5.22. The van der Waals surface area contributed by atoms with E-state index in [0.29, 0.717) is 5.56 Å². The van der Waals surface area contributed by atoms with Crippen LogP contribution in [0.15, 0.2) is 24.3 Å². The van der Waals surface area contributed by atoms with Crippen molar-refractivity contribution in [3.8, 4) is 0 Å². The third kappa shape index (κ3) is 4.11. The summed E-state index contributed by atoms with van der Waals surface area (Å²) in [7, 11) is 0. The average Bonchev–Trinajstić information content (AvgIpc) is 2.36. The number of ether oxygens (including phenoxy) is 2. The van der Waals surface area contributed by atoms with E-state index >= 15 is 0 Å². The van der Waals surface area contributed by atoms with Crippen LogP contribution in [-0.2, 0) is 20.9 Å². The average molecular weight is 255 g/mol. The SMILES string of the molecule is CCOC(O)C(=O)OCc1ccc([N+](=O)[O-])cc1. The molecule has 1 aromatic rings. The molecule has 1 aromatic carbocycles. The number of rotatable bonds is 6. The normalized spacial score (nSPS) is 11.9. The zero-order valence-corrected chi connectivity index (χ0v) is 9.74. The van der Waals surface area contributed by atoms with Crippen LogP contribution in [0.5, 0.6) is 0 Å². The molecular formula is C11H13NO6. The number of benzene rings is 1. The molecule has 98 valence electrons. The van der Waals surface area contributed by atoms with Gasteiger partial charge in [0.25, 0.3) is 12.0 Å². The lowest BCUT2D eigenvalue weighted by Crippen LogP contribution is -2.25. The highest BCUT2D eigenvalue weighted by atomic mass is 16.6. The number of hydrogen-bond donors (Lipinski definition) is 1. The first-order chi connectivity index (χ1) is 8.54. The van der Waals surface area contributed by atoms with Gasteiger partial charge in [-0.05, 0) is 24.6 Å². The van der Waals surface area contributed by atoms with Crippen LogP contribution in [0.25, 0.3) is 0 Å². The minimum absolute atomic E-state index is 0.0422. The molecule has 0 saturated carbocycles. The summed E-state index contributed by atoms with van der Waals surface area (Å²) in [6.07, 6.45) is -1.60. The van der Waals surface area contributed by atoms with Crippen molar-refractivity contribution < 1.29 is 24.3 Å². The molecule has 7 heteroatoms. The van der Waals surface area contributed by atoms with Crippen LogP contribution in [0.2, 0.25) is 0 Å². The number of non-ortho nitro benzene ring substituents is 1. The molecule has 7 nitrogen and oxygen atoms in total. The van der Waals surface area contributed by atoms with Crippen molar-refractivity contribution in [2.75, 3.05) is 6.61 Å². The van der Waals surface area contributed by atoms with Crippen LogP contribution in [0, 0.1) is 10.1 Å². The Labute approximate surface area is 103 Å². The third-order valence-corrected chi connectivity index (χ3v) is 2.05. The van der Waals surface area contributed by atoms with Gasteiger partial charge >= 0.3 is 5.97 Å². The first-order valence-electron chi connectivity index (χ1n) is 5.24. The summed E-state index contributed by atoms with van der Waals surface area (Å²) in [6.45, 7) is 1.74. The number of carbonyl (C=O) groups is 1. The van der Waals surface area contributed by atoms with E-state index in [1.54, 1.807) is 6.92 Å². The second-order valence-electron chi connectivity index (χ2n) is 3.34. The van der Waals surface area contributed by atoms with E-state index in [-0.39, 0.29) is 18.9 Å². The standard InChI is InChI=1S/C11H13NO6/c1-2-17-10(13)11(14)18-7-8-3-5-9(6-4-8)12(15)16/h3-6,10,13H,2,7H2,1H3. The van der Waals surface area contributed by atoms with E-state index < -0.39 is 17.2 Å². The summed E-state index contributed by atoms with van der Waals surface area (Å²) < 4.78 is 9.39. The van der Waals surface area contributed by atoms with E-state index in [1.165, 1.54) is 24.3 Å². The number of nitrogens with zero attached hydrogens (tertiary/aromatic N) is 1. The number of carbonyl (C=O) groups excluding carboxylic acids is 1. The minimum Gasteiger partial charge on any atom is -0.457 e. The zero-order chi connectivity index (χ0) is 13.5. The summed E-state index contributed by atoms with van der Waals surface area (Å²) in [5.41, 5.74) is 0.539. The largest absolute Gasteiger partial charge is 0.457 e. The maximum Gasteiger partial charge on any atom is 0.363 e. The van der Waals surface area contributed by atoms with E-state index in [1.807, 2.05) is 0 Å². The molecule has 0 saturated heterocycles. The van der Waals surface area contributed by atoms with Gasteiger partial charge < -0.3 is 14.6 Å². The molecule has 0 spiro atoms. The first-order valence-corrected chi connectivity index (χ1v) is 5.24. The summed E-state index contributed by atoms with van der Waals surface area (Å²) in [5.74, 6) is -0.893.